The molecule has 0 saturated carbocycles. The second-order valence-electron chi connectivity index (χ2n) is 8.73. The van der Waals surface area contributed by atoms with Crippen molar-refractivity contribution in [2.45, 2.75) is 52.6 Å². The van der Waals surface area contributed by atoms with E-state index in [0.717, 1.165) is 11.6 Å². The maximum Gasteiger partial charge on any atom is 0.323 e. The van der Waals surface area contributed by atoms with E-state index >= 15 is 0 Å². The first-order valence-electron chi connectivity index (χ1n) is 11.4. The largest absolute Gasteiger partial charge is 0.468 e. The van der Waals surface area contributed by atoms with Crippen LogP contribution in [0.1, 0.15) is 40.5 Å². The van der Waals surface area contributed by atoms with Gasteiger partial charge >= 0.3 is 27.0 Å². The number of esters is 2. The molecule has 0 N–H and O–H groups in total. The molecule has 0 aromatic carbocycles. The lowest BCUT2D eigenvalue weighted by atomic mass is 10.0. The molecule has 0 aromatic heterocycles. The van der Waals surface area contributed by atoms with Gasteiger partial charge in [0.1, 0.15) is 12.1 Å². The van der Waals surface area contributed by atoms with Gasteiger partial charge in [0.2, 0.25) is 0 Å². The molecule has 9 nitrogen and oxygen atoms in total. The Balaban J connectivity index is 6.79. The maximum absolute atomic E-state index is 14.2. The Labute approximate surface area is 210 Å². The number of carbonyl (C=O) groups is 2. The van der Waals surface area contributed by atoms with Crippen LogP contribution in [0.25, 0.3) is 0 Å². The summed E-state index contributed by atoms with van der Waals surface area (Å²) in [4.78, 5) is 25.3. The molecule has 0 aromatic rings. The van der Waals surface area contributed by atoms with Crippen LogP contribution in [0.5, 0.6) is 0 Å². The zero-order valence-corrected chi connectivity index (χ0v) is 23.7. The van der Waals surface area contributed by atoms with Gasteiger partial charge in [0.05, 0.1) is 14.2 Å². The third kappa shape index (κ3) is 9.32. The van der Waals surface area contributed by atoms with Gasteiger partial charge in [-0.2, -0.15) is 0 Å². The van der Waals surface area contributed by atoms with E-state index < -0.39 is 39.1 Å². The molecule has 0 aliphatic carbocycles. The van der Waals surface area contributed by atoms with E-state index in [1.54, 1.807) is 0 Å². The van der Waals surface area contributed by atoms with Crippen LogP contribution in [-0.2, 0) is 32.5 Å². The van der Waals surface area contributed by atoms with E-state index in [1.165, 1.54) is 35.7 Å². The molecule has 35 heavy (non-hydrogen) atoms. The molecule has 200 valence electrons. The summed E-state index contributed by atoms with van der Waals surface area (Å²) < 4.78 is 46.8. The van der Waals surface area contributed by atoms with Crippen LogP contribution in [0.2, 0.25) is 0 Å². The molecule has 0 radical (unpaired) electrons. The fraction of sp³-hybridized carbons (Fsp3) is 0.583. The summed E-state index contributed by atoms with van der Waals surface area (Å²) in [5.41, 5.74) is 0. The minimum absolute atomic E-state index is 0.0305. The van der Waals surface area contributed by atoms with Gasteiger partial charge < -0.3 is 9.47 Å². The highest BCUT2D eigenvalue weighted by Crippen LogP contribution is 2.69. The Hall–Kier alpha value is -1.76. The first-order valence-corrected chi connectivity index (χ1v) is 14.7. The van der Waals surface area contributed by atoms with Crippen LogP contribution in [0.4, 0.5) is 0 Å². The van der Waals surface area contributed by atoms with E-state index in [4.69, 9.17) is 13.8 Å². The van der Waals surface area contributed by atoms with Crippen LogP contribution < -0.4 is 0 Å². The van der Waals surface area contributed by atoms with E-state index in [9.17, 15) is 18.7 Å². The van der Waals surface area contributed by atoms with Crippen LogP contribution in [0, 0.1) is 11.8 Å². The minimum Gasteiger partial charge on any atom is -0.468 e. The number of ether oxygens (including phenoxy) is 2. The SMILES string of the molecule is C=CCN(C(CC(C)C)C(=O)OC)P(=O)(C=C)OP(=O)(C=C)N(CC=C)C(CC(C)C)C(=O)OC. The van der Waals surface area contributed by atoms with Gasteiger partial charge in [0, 0.05) is 24.7 Å². The van der Waals surface area contributed by atoms with Crippen molar-refractivity contribution in [3.05, 3.63) is 50.1 Å². The quantitative estimate of drug-likeness (QED) is 0.123. The average Bonchev–Trinajstić information content (AvgIpc) is 2.81. The molecular weight excluding hydrogens is 490 g/mol. The maximum atomic E-state index is 14.2. The molecule has 0 saturated heterocycles. The standard InChI is InChI=1S/C24H42N2O7P2/c1-11-15-25(21(17-19(5)6)23(27)31-9)34(29,13-3)33-35(30,14-4)26(16-12-2)22(18-20(7)8)24(28)32-10/h11-14,19-22H,1-4,15-18H2,5-10H3. The summed E-state index contributed by atoms with van der Waals surface area (Å²) in [5, 5.41) is 0. The van der Waals surface area contributed by atoms with E-state index in [-0.39, 0.29) is 37.8 Å². The van der Waals surface area contributed by atoms with E-state index in [0.29, 0.717) is 0 Å². The Kier molecular flexibility index (Phi) is 14.6. The van der Waals surface area contributed by atoms with Gasteiger partial charge in [-0.05, 0) is 24.7 Å². The van der Waals surface area contributed by atoms with Crippen molar-refractivity contribution in [3.63, 3.8) is 0 Å². The van der Waals surface area contributed by atoms with E-state index in [1.807, 2.05) is 27.7 Å². The summed E-state index contributed by atoms with van der Waals surface area (Å²) in [5.74, 6) is 0.866. The molecule has 0 heterocycles. The van der Waals surface area contributed by atoms with Gasteiger partial charge in [-0.3, -0.25) is 18.7 Å². The predicted molar refractivity (Wildman–Crippen MR) is 141 cm³/mol. The minimum atomic E-state index is -4.17. The van der Waals surface area contributed by atoms with Gasteiger partial charge in [0.15, 0.2) is 0 Å². The van der Waals surface area contributed by atoms with Crippen LogP contribution >= 0.6 is 15.0 Å². The normalized spacial score (nSPS) is 16.7. The zero-order chi connectivity index (χ0) is 27.4. The molecule has 0 fully saturated rings. The monoisotopic (exact) mass is 532 g/mol. The molecule has 0 spiro atoms. The summed E-state index contributed by atoms with van der Waals surface area (Å²) in [7, 11) is -5.88. The highest BCUT2D eigenvalue weighted by atomic mass is 31.2. The Morgan fingerprint density at radius 1 is 0.743 bits per heavy atom. The van der Waals surface area contributed by atoms with Crippen molar-refractivity contribution in [1.29, 1.82) is 0 Å². The average molecular weight is 533 g/mol. The third-order valence-electron chi connectivity index (χ3n) is 5.10. The van der Waals surface area contributed by atoms with Crippen LogP contribution in [0.3, 0.4) is 0 Å². The molecule has 0 amide bonds. The molecule has 4 atom stereocenters. The van der Waals surface area contributed by atoms with Gasteiger partial charge in [-0.25, -0.2) is 13.7 Å². The topological polar surface area (TPSA) is 102 Å². The molecule has 11 heteroatoms. The third-order valence-corrected chi connectivity index (χ3v) is 10.2. The lowest BCUT2D eigenvalue weighted by Crippen LogP contribution is -2.43. The fourth-order valence-electron chi connectivity index (χ4n) is 3.52. The predicted octanol–water partition coefficient (Wildman–Crippen LogP) is 5.83. The number of methoxy groups -OCH3 is 2. The molecule has 0 aliphatic rings. The Bertz CT molecular complexity index is 789. The number of hydrogen-bond donors (Lipinski definition) is 0. The van der Waals surface area contributed by atoms with Crippen LogP contribution in [0.15, 0.2) is 50.1 Å². The van der Waals surface area contributed by atoms with Crippen molar-refractivity contribution in [2.24, 2.45) is 11.8 Å². The first-order chi connectivity index (χ1) is 16.3. The first kappa shape index (κ1) is 33.2. The summed E-state index contributed by atoms with van der Waals surface area (Å²) in [6.45, 7) is 22.2. The van der Waals surface area contributed by atoms with Crippen molar-refractivity contribution >= 4 is 27.0 Å². The highest BCUT2D eigenvalue weighted by Gasteiger charge is 2.47. The van der Waals surface area contributed by atoms with Crippen molar-refractivity contribution < 1.29 is 32.5 Å². The smallest absolute Gasteiger partial charge is 0.323 e. The molecule has 0 aliphatic heterocycles. The van der Waals surface area contributed by atoms with Gasteiger partial charge in [-0.1, -0.05) is 53.0 Å². The Morgan fingerprint density at radius 2 is 1.06 bits per heavy atom. The van der Waals surface area contributed by atoms with Crippen molar-refractivity contribution in [3.8, 4) is 0 Å². The summed E-state index contributed by atoms with van der Waals surface area (Å²) in [6.07, 6.45) is 3.47. The molecular formula is C24H42N2O7P2. The number of hydrogen-bond acceptors (Lipinski definition) is 7. The lowest BCUT2D eigenvalue weighted by Gasteiger charge is -2.39. The number of nitrogens with zero attached hydrogens (tertiary/aromatic N) is 2. The van der Waals surface area contributed by atoms with E-state index in [2.05, 4.69) is 26.3 Å². The second-order valence-corrected chi connectivity index (χ2v) is 13.4. The summed E-state index contributed by atoms with van der Waals surface area (Å²) in [6, 6.07) is -1.97. The molecule has 0 rings (SSSR count). The Morgan fingerprint density at radius 3 is 1.26 bits per heavy atom. The zero-order valence-electron chi connectivity index (χ0n) is 21.9. The highest BCUT2D eigenvalue weighted by molar-refractivity contribution is 7.72. The van der Waals surface area contributed by atoms with Gasteiger partial charge in [0.25, 0.3) is 0 Å². The van der Waals surface area contributed by atoms with Crippen LogP contribution in [-0.4, -0.2) is 60.7 Å². The van der Waals surface area contributed by atoms with Crippen molar-refractivity contribution in [2.75, 3.05) is 27.3 Å². The number of rotatable bonds is 18. The fourth-order valence-corrected chi connectivity index (χ4v) is 8.40. The second kappa shape index (κ2) is 15.4. The molecule has 4 unspecified atom stereocenters. The summed E-state index contributed by atoms with van der Waals surface area (Å²) >= 11 is 0. The number of carbonyl (C=O) groups excluding carboxylic acids is 2. The van der Waals surface area contributed by atoms with Gasteiger partial charge in [-0.15, -0.1) is 13.2 Å². The molecule has 0 bridgehead atoms. The lowest BCUT2D eigenvalue weighted by molar-refractivity contribution is -0.146. The van der Waals surface area contributed by atoms with Crippen molar-refractivity contribution in [1.82, 2.24) is 9.34 Å².